The summed E-state index contributed by atoms with van der Waals surface area (Å²) in [5.74, 6) is 1.61. The SMILES string of the molecule is Cc1cccc(OCC(C)C)c1C. The third-order valence-electron chi connectivity index (χ3n) is 2.13. The van der Waals surface area contributed by atoms with Crippen molar-refractivity contribution >= 4 is 0 Å². The van der Waals surface area contributed by atoms with Crippen molar-refractivity contribution in [1.82, 2.24) is 0 Å². The molecule has 0 spiro atoms. The lowest BCUT2D eigenvalue weighted by atomic mass is 10.1. The molecule has 0 amide bonds. The highest BCUT2D eigenvalue weighted by atomic mass is 16.5. The Labute approximate surface area is 80.7 Å². The quantitative estimate of drug-likeness (QED) is 0.689. The normalized spacial score (nSPS) is 10.5. The first-order valence-electron chi connectivity index (χ1n) is 4.80. The van der Waals surface area contributed by atoms with E-state index >= 15 is 0 Å². The van der Waals surface area contributed by atoms with E-state index in [1.54, 1.807) is 0 Å². The Balaban J connectivity index is 2.71. The van der Waals surface area contributed by atoms with E-state index in [-0.39, 0.29) is 0 Å². The summed E-state index contributed by atoms with van der Waals surface area (Å²) in [6.45, 7) is 9.32. The number of benzene rings is 1. The fourth-order valence-corrected chi connectivity index (χ4v) is 1.14. The van der Waals surface area contributed by atoms with Crippen LogP contribution in [0.1, 0.15) is 25.0 Å². The lowest BCUT2D eigenvalue weighted by Gasteiger charge is -2.12. The smallest absolute Gasteiger partial charge is 0.122 e. The van der Waals surface area contributed by atoms with Crippen molar-refractivity contribution in [2.45, 2.75) is 27.7 Å². The molecule has 0 atom stereocenters. The molecule has 0 unspecified atom stereocenters. The number of hydrogen-bond acceptors (Lipinski definition) is 1. The van der Waals surface area contributed by atoms with Crippen LogP contribution < -0.4 is 4.74 Å². The number of aryl methyl sites for hydroxylation is 1. The van der Waals surface area contributed by atoms with Crippen molar-refractivity contribution in [2.24, 2.45) is 5.92 Å². The van der Waals surface area contributed by atoms with Gasteiger partial charge in [0.05, 0.1) is 6.61 Å². The molecule has 0 aliphatic rings. The van der Waals surface area contributed by atoms with Gasteiger partial charge in [0, 0.05) is 0 Å². The molecular weight excluding hydrogens is 160 g/mol. The Morgan fingerprint density at radius 1 is 1.23 bits per heavy atom. The maximum absolute atomic E-state index is 5.68. The van der Waals surface area contributed by atoms with Crippen LogP contribution in [0.3, 0.4) is 0 Å². The maximum atomic E-state index is 5.68. The van der Waals surface area contributed by atoms with Crippen LogP contribution in [0.15, 0.2) is 18.2 Å². The van der Waals surface area contributed by atoms with Gasteiger partial charge in [0.25, 0.3) is 0 Å². The van der Waals surface area contributed by atoms with E-state index in [0.29, 0.717) is 5.92 Å². The highest BCUT2D eigenvalue weighted by Crippen LogP contribution is 2.20. The summed E-state index contributed by atoms with van der Waals surface area (Å²) < 4.78 is 5.68. The Bertz CT molecular complexity index is 276. The molecule has 1 rings (SSSR count). The first-order valence-corrected chi connectivity index (χ1v) is 4.80. The summed E-state index contributed by atoms with van der Waals surface area (Å²) in [7, 11) is 0. The molecule has 1 nitrogen and oxygen atoms in total. The summed E-state index contributed by atoms with van der Waals surface area (Å²) in [4.78, 5) is 0. The predicted octanol–water partition coefficient (Wildman–Crippen LogP) is 3.34. The van der Waals surface area contributed by atoms with Gasteiger partial charge >= 0.3 is 0 Å². The van der Waals surface area contributed by atoms with Gasteiger partial charge in [0.1, 0.15) is 5.75 Å². The van der Waals surface area contributed by atoms with Gasteiger partial charge < -0.3 is 4.74 Å². The van der Waals surface area contributed by atoms with Gasteiger partial charge in [-0.25, -0.2) is 0 Å². The van der Waals surface area contributed by atoms with Crippen molar-refractivity contribution in [3.8, 4) is 5.75 Å². The zero-order valence-electron chi connectivity index (χ0n) is 8.92. The van der Waals surface area contributed by atoms with Gasteiger partial charge in [-0.05, 0) is 37.0 Å². The monoisotopic (exact) mass is 178 g/mol. The second-order valence-corrected chi connectivity index (χ2v) is 3.90. The summed E-state index contributed by atoms with van der Waals surface area (Å²) in [5.41, 5.74) is 2.55. The fraction of sp³-hybridized carbons (Fsp3) is 0.500. The third-order valence-corrected chi connectivity index (χ3v) is 2.13. The zero-order valence-corrected chi connectivity index (χ0v) is 8.92. The molecule has 1 aromatic rings. The Hall–Kier alpha value is -0.980. The lowest BCUT2D eigenvalue weighted by molar-refractivity contribution is 0.269. The van der Waals surface area contributed by atoms with E-state index in [1.165, 1.54) is 11.1 Å². The molecule has 0 heterocycles. The van der Waals surface area contributed by atoms with Crippen molar-refractivity contribution in [3.05, 3.63) is 29.3 Å². The van der Waals surface area contributed by atoms with Crippen LogP contribution in [0.25, 0.3) is 0 Å². The van der Waals surface area contributed by atoms with Gasteiger partial charge in [-0.3, -0.25) is 0 Å². The van der Waals surface area contributed by atoms with Crippen LogP contribution in [-0.2, 0) is 0 Å². The second-order valence-electron chi connectivity index (χ2n) is 3.90. The molecule has 13 heavy (non-hydrogen) atoms. The minimum atomic E-state index is 0.583. The predicted molar refractivity (Wildman–Crippen MR) is 56.2 cm³/mol. The largest absolute Gasteiger partial charge is 0.493 e. The first-order chi connectivity index (χ1) is 6.11. The molecule has 0 saturated heterocycles. The molecule has 0 fully saturated rings. The van der Waals surface area contributed by atoms with Crippen LogP contribution in [0.5, 0.6) is 5.75 Å². The number of hydrogen-bond donors (Lipinski definition) is 0. The molecular formula is C12H18O. The van der Waals surface area contributed by atoms with Crippen molar-refractivity contribution in [3.63, 3.8) is 0 Å². The van der Waals surface area contributed by atoms with Gasteiger partial charge in [0.2, 0.25) is 0 Å². The van der Waals surface area contributed by atoms with E-state index in [2.05, 4.69) is 33.8 Å². The Morgan fingerprint density at radius 3 is 2.54 bits per heavy atom. The van der Waals surface area contributed by atoms with Gasteiger partial charge in [0.15, 0.2) is 0 Å². The molecule has 0 radical (unpaired) electrons. The topological polar surface area (TPSA) is 9.23 Å². The summed E-state index contributed by atoms with van der Waals surface area (Å²) in [5, 5.41) is 0. The summed E-state index contributed by atoms with van der Waals surface area (Å²) >= 11 is 0. The maximum Gasteiger partial charge on any atom is 0.122 e. The van der Waals surface area contributed by atoms with Crippen molar-refractivity contribution < 1.29 is 4.74 Å². The molecule has 1 aromatic carbocycles. The third kappa shape index (κ3) is 2.76. The van der Waals surface area contributed by atoms with Crippen LogP contribution in [0.4, 0.5) is 0 Å². The van der Waals surface area contributed by atoms with Crippen LogP contribution >= 0.6 is 0 Å². The van der Waals surface area contributed by atoms with E-state index < -0.39 is 0 Å². The molecule has 0 saturated carbocycles. The van der Waals surface area contributed by atoms with Gasteiger partial charge in [-0.15, -0.1) is 0 Å². The van der Waals surface area contributed by atoms with Crippen LogP contribution in [-0.4, -0.2) is 6.61 Å². The highest BCUT2D eigenvalue weighted by Gasteiger charge is 2.02. The number of rotatable bonds is 3. The minimum absolute atomic E-state index is 0.583. The molecule has 0 N–H and O–H groups in total. The van der Waals surface area contributed by atoms with Crippen LogP contribution in [0, 0.1) is 19.8 Å². The van der Waals surface area contributed by atoms with E-state index in [4.69, 9.17) is 4.74 Å². The standard InChI is InChI=1S/C12H18O/c1-9(2)8-13-12-7-5-6-10(3)11(12)4/h5-7,9H,8H2,1-4H3. The molecule has 0 bridgehead atoms. The lowest BCUT2D eigenvalue weighted by Crippen LogP contribution is -2.05. The second kappa shape index (κ2) is 4.31. The average molecular weight is 178 g/mol. The summed E-state index contributed by atoms with van der Waals surface area (Å²) in [6, 6.07) is 6.18. The first kappa shape index (κ1) is 10.1. The zero-order chi connectivity index (χ0) is 9.84. The van der Waals surface area contributed by atoms with Gasteiger partial charge in [-0.1, -0.05) is 26.0 Å². The molecule has 72 valence electrons. The Morgan fingerprint density at radius 2 is 1.92 bits per heavy atom. The minimum Gasteiger partial charge on any atom is -0.493 e. The molecule has 1 heteroatoms. The average Bonchev–Trinajstić information content (AvgIpc) is 2.07. The molecule has 0 aliphatic carbocycles. The van der Waals surface area contributed by atoms with Gasteiger partial charge in [-0.2, -0.15) is 0 Å². The molecule has 0 aromatic heterocycles. The highest BCUT2D eigenvalue weighted by molar-refractivity contribution is 5.38. The van der Waals surface area contributed by atoms with Crippen LogP contribution in [0.2, 0.25) is 0 Å². The number of ether oxygens (including phenoxy) is 1. The van der Waals surface area contributed by atoms with E-state index in [1.807, 2.05) is 12.1 Å². The molecule has 0 aliphatic heterocycles. The Kier molecular flexibility index (Phi) is 3.35. The van der Waals surface area contributed by atoms with E-state index in [0.717, 1.165) is 12.4 Å². The van der Waals surface area contributed by atoms with E-state index in [9.17, 15) is 0 Å². The summed E-state index contributed by atoms with van der Waals surface area (Å²) in [6.07, 6.45) is 0. The van der Waals surface area contributed by atoms with Crippen molar-refractivity contribution in [1.29, 1.82) is 0 Å². The fourth-order valence-electron chi connectivity index (χ4n) is 1.14. The van der Waals surface area contributed by atoms with Crippen molar-refractivity contribution in [2.75, 3.05) is 6.61 Å².